The number of hydrogen-bond donors (Lipinski definition) is 3. The van der Waals surface area contributed by atoms with Crippen LogP contribution in [-0.4, -0.2) is 29.3 Å². The number of benzene rings is 1. The van der Waals surface area contributed by atoms with E-state index in [0.717, 1.165) is 11.3 Å². The lowest BCUT2D eigenvalue weighted by molar-refractivity contribution is 0.180. The van der Waals surface area contributed by atoms with E-state index in [2.05, 4.69) is 15.3 Å². The van der Waals surface area contributed by atoms with Crippen molar-refractivity contribution in [1.82, 2.24) is 9.97 Å². The van der Waals surface area contributed by atoms with Gasteiger partial charge in [0.25, 0.3) is 0 Å². The number of nitrogens with zero attached hydrogens (tertiary/aromatic N) is 2. The standard InChI is InChI=1S/C21H23N5O2/c1-14(23)21(15-6-9-20(27-2)25-13-15)28-17-7-8-18(16(11-17)12-22)26-19-5-3-4-10-24-19/h3-14,21-22H,23H2,1-2H3,(H,24,26). The van der Waals surface area contributed by atoms with Crippen LogP contribution >= 0.6 is 0 Å². The molecule has 3 rings (SSSR count). The topological polar surface area (TPSA) is 106 Å². The number of hydrogen-bond acceptors (Lipinski definition) is 7. The van der Waals surface area contributed by atoms with E-state index < -0.39 is 0 Å². The Morgan fingerprint density at radius 3 is 2.61 bits per heavy atom. The van der Waals surface area contributed by atoms with Crippen molar-refractivity contribution in [1.29, 1.82) is 5.41 Å². The van der Waals surface area contributed by atoms with Gasteiger partial charge in [0.15, 0.2) is 0 Å². The van der Waals surface area contributed by atoms with Crippen molar-refractivity contribution in [2.24, 2.45) is 5.73 Å². The summed E-state index contributed by atoms with van der Waals surface area (Å²) in [5.41, 5.74) is 8.44. The number of nitrogens with one attached hydrogen (secondary N) is 2. The van der Waals surface area contributed by atoms with E-state index in [4.69, 9.17) is 20.6 Å². The lowest BCUT2D eigenvalue weighted by Gasteiger charge is -2.23. The number of methoxy groups -OCH3 is 1. The first kappa shape index (κ1) is 19.3. The highest BCUT2D eigenvalue weighted by molar-refractivity contribution is 5.87. The summed E-state index contributed by atoms with van der Waals surface area (Å²) in [5.74, 6) is 1.85. The molecule has 3 aromatic rings. The second kappa shape index (κ2) is 8.96. The van der Waals surface area contributed by atoms with E-state index in [1.54, 1.807) is 31.6 Å². The van der Waals surface area contributed by atoms with Crippen molar-refractivity contribution >= 4 is 17.7 Å². The minimum absolute atomic E-state index is 0.259. The van der Waals surface area contributed by atoms with Crippen LogP contribution in [0.4, 0.5) is 11.5 Å². The Labute approximate surface area is 164 Å². The first-order valence-corrected chi connectivity index (χ1v) is 8.85. The zero-order valence-electron chi connectivity index (χ0n) is 15.8. The molecular formula is C21H23N5O2. The van der Waals surface area contributed by atoms with Crippen molar-refractivity contribution in [3.8, 4) is 11.6 Å². The predicted octanol–water partition coefficient (Wildman–Crippen LogP) is 3.69. The van der Waals surface area contributed by atoms with Gasteiger partial charge in [-0.2, -0.15) is 0 Å². The van der Waals surface area contributed by atoms with Crippen LogP contribution in [0.1, 0.15) is 24.2 Å². The molecule has 0 radical (unpaired) electrons. The smallest absolute Gasteiger partial charge is 0.212 e. The van der Waals surface area contributed by atoms with Gasteiger partial charge in [0, 0.05) is 47.5 Å². The molecule has 1 aromatic carbocycles. The first-order valence-electron chi connectivity index (χ1n) is 8.85. The van der Waals surface area contributed by atoms with Gasteiger partial charge < -0.3 is 25.9 Å². The molecule has 0 fully saturated rings. The Bertz CT molecular complexity index is 914. The molecule has 4 N–H and O–H groups in total. The summed E-state index contributed by atoms with van der Waals surface area (Å²) in [7, 11) is 1.57. The minimum Gasteiger partial charge on any atom is -0.484 e. The predicted molar refractivity (Wildman–Crippen MR) is 110 cm³/mol. The van der Waals surface area contributed by atoms with Crippen LogP contribution < -0.4 is 20.5 Å². The van der Waals surface area contributed by atoms with Crippen LogP contribution in [0, 0.1) is 5.41 Å². The molecule has 28 heavy (non-hydrogen) atoms. The Morgan fingerprint density at radius 2 is 2.00 bits per heavy atom. The number of aromatic nitrogens is 2. The lowest BCUT2D eigenvalue weighted by atomic mass is 10.1. The van der Waals surface area contributed by atoms with Crippen LogP contribution in [0.25, 0.3) is 0 Å². The van der Waals surface area contributed by atoms with Crippen LogP contribution in [0.5, 0.6) is 11.6 Å². The van der Waals surface area contributed by atoms with E-state index >= 15 is 0 Å². The summed E-state index contributed by atoms with van der Waals surface area (Å²) in [4.78, 5) is 8.47. The molecule has 0 saturated carbocycles. The third-order valence-electron chi connectivity index (χ3n) is 4.14. The fraction of sp³-hybridized carbons (Fsp3) is 0.190. The summed E-state index contributed by atoms with van der Waals surface area (Å²) in [6, 6.07) is 14.5. The van der Waals surface area contributed by atoms with Gasteiger partial charge in [-0.15, -0.1) is 0 Å². The van der Waals surface area contributed by atoms with Crippen molar-refractivity contribution in [2.45, 2.75) is 19.1 Å². The van der Waals surface area contributed by atoms with Gasteiger partial charge in [-0.25, -0.2) is 9.97 Å². The maximum atomic E-state index is 7.73. The quantitative estimate of drug-likeness (QED) is 0.517. The van der Waals surface area contributed by atoms with Gasteiger partial charge in [0.05, 0.1) is 7.11 Å². The number of rotatable bonds is 8. The number of anilines is 2. The number of nitrogens with two attached hydrogens (primary N) is 1. The Kier molecular flexibility index (Phi) is 6.18. The van der Waals surface area contributed by atoms with E-state index in [0.29, 0.717) is 23.0 Å². The fourth-order valence-corrected chi connectivity index (χ4v) is 2.73. The molecule has 0 amide bonds. The highest BCUT2D eigenvalue weighted by atomic mass is 16.5. The molecule has 2 unspecified atom stereocenters. The molecule has 0 saturated heterocycles. The van der Waals surface area contributed by atoms with Gasteiger partial charge in [0.2, 0.25) is 5.88 Å². The van der Waals surface area contributed by atoms with E-state index in [9.17, 15) is 0 Å². The third kappa shape index (κ3) is 4.63. The third-order valence-corrected chi connectivity index (χ3v) is 4.14. The molecule has 2 heterocycles. The number of ether oxygens (including phenoxy) is 2. The van der Waals surface area contributed by atoms with Crippen LogP contribution in [0.2, 0.25) is 0 Å². The maximum Gasteiger partial charge on any atom is 0.212 e. The van der Waals surface area contributed by atoms with Crippen molar-refractivity contribution < 1.29 is 9.47 Å². The first-order chi connectivity index (χ1) is 13.6. The van der Waals surface area contributed by atoms with Crippen molar-refractivity contribution in [3.05, 3.63) is 72.1 Å². The molecule has 2 aromatic heterocycles. The zero-order chi connectivity index (χ0) is 19.9. The van der Waals surface area contributed by atoms with Gasteiger partial charge in [-0.1, -0.05) is 6.07 Å². The van der Waals surface area contributed by atoms with Crippen molar-refractivity contribution in [2.75, 3.05) is 12.4 Å². The van der Waals surface area contributed by atoms with E-state index in [1.807, 2.05) is 43.3 Å². The molecule has 0 bridgehead atoms. The van der Waals surface area contributed by atoms with Crippen LogP contribution in [0.3, 0.4) is 0 Å². The zero-order valence-corrected chi connectivity index (χ0v) is 15.8. The minimum atomic E-state index is -0.383. The molecule has 7 nitrogen and oxygen atoms in total. The van der Waals surface area contributed by atoms with Crippen LogP contribution in [-0.2, 0) is 0 Å². The SMILES string of the molecule is COc1ccc(C(Oc2ccc(Nc3ccccn3)c(C=N)c2)C(C)N)cn1. The Morgan fingerprint density at radius 1 is 1.14 bits per heavy atom. The normalized spacial score (nSPS) is 12.7. The average Bonchev–Trinajstić information content (AvgIpc) is 2.73. The molecule has 0 aliphatic rings. The monoisotopic (exact) mass is 377 g/mol. The molecular weight excluding hydrogens is 354 g/mol. The van der Waals surface area contributed by atoms with Gasteiger partial charge in [0.1, 0.15) is 17.7 Å². The second-order valence-electron chi connectivity index (χ2n) is 6.26. The van der Waals surface area contributed by atoms with Crippen LogP contribution in [0.15, 0.2) is 60.9 Å². The molecule has 2 atom stereocenters. The van der Waals surface area contributed by atoms with E-state index in [-0.39, 0.29) is 12.1 Å². The summed E-state index contributed by atoms with van der Waals surface area (Å²) in [6.45, 7) is 1.88. The average molecular weight is 377 g/mol. The summed E-state index contributed by atoms with van der Waals surface area (Å²) in [5, 5.41) is 10.9. The largest absolute Gasteiger partial charge is 0.484 e. The molecule has 0 aliphatic heterocycles. The number of pyridine rings is 2. The highest BCUT2D eigenvalue weighted by Gasteiger charge is 2.19. The van der Waals surface area contributed by atoms with Gasteiger partial charge in [-0.05, 0) is 43.3 Å². The summed E-state index contributed by atoms with van der Waals surface area (Å²) >= 11 is 0. The van der Waals surface area contributed by atoms with Crippen molar-refractivity contribution in [3.63, 3.8) is 0 Å². The Balaban J connectivity index is 1.82. The summed E-state index contributed by atoms with van der Waals surface area (Å²) in [6.07, 6.45) is 4.29. The molecule has 144 valence electrons. The van der Waals surface area contributed by atoms with Gasteiger partial charge >= 0.3 is 0 Å². The maximum absolute atomic E-state index is 7.73. The highest BCUT2D eigenvalue weighted by Crippen LogP contribution is 2.28. The second-order valence-corrected chi connectivity index (χ2v) is 6.26. The lowest BCUT2D eigenvalue weighted by Crippen LogP contribution is -2.29. The Hall–Kier alpha value is -3.45. The molecule has 0 spiro atoms. The molecule has 7 heteroatoms. The van der Waals surface area contributed by atoms with Gasteiger partial charge in [-0.3, -0.25) is 0 Å². The van der Waals surface area contributed by atoms with E-state index in [1.165, 1.54) is 6.21 Å². The fourth-order valence-electron chi connectivity index (χ4n) is 2.73. The molecule has 0 aliphatic carbocycles. The summed E-state index contributed by atoms with van der Waals surface area (Å²) < 4.78 is 11.2.